The van der Waals surface area contributed by atoms with Crippen molar-refractivity contribution in [1.29, 1.82) is 0 Å². The molecule has 4 rings (SSSR count). The molecule has 2 aromatic rings. The maximum Gasteiger partial charge on any atom is 0.273 e. The lowest BCUT2D eigenvalue weighted by atomic mass is 9.66. The fraction of sp³-hybridized carbons (Fsp3) is 0.542. The monoisotopic (exact) mass is 460 g/mol. The SMILES string of the molecule is CN(C)C(=O)[C@H]1CN([C@@H]2CCC2(C)C)CC[C@@H]1NC(=O)c1cc(-c2ccc(F)cc2F)on1. The van der Waals surface area contributed by atoms with Gasteiger partial charge in [0.05, 0.1) is 11.5 Å². The Bertz CT molecular complexity index is 1050. The standard InChI is InChI=1S/C24H30F2N4O3/c1-24(2)9-7-21(24)30-10-8-18(16(13-30)23(32)29(3)4)27-22(31)19-12-20(33-28-19)15-6-5-14(25)11-17(15)26/h5-6,11-12,16,18,21H,7-10,13H2,1-4H3,(H,27,31)/t16-,18-,21+/m0/s1. The Morgan fingerprint density at radius 1 is 1.21 bits per heavy atom. The quantitative estimate of drug-likeness (QED) is 0.741. The highest BCUT2D eigenvalue weighted by Crippen LogP contribution is 2.44. The number of benzene rings is 1. The van der Waals surface area contributed by atoms with Crippen LogP contribution in [0.4, 0.5) is 8.78 Å². The molecule has 1 saturated heterocycles. The van der Waals surface area contributed by atoms with Crippen molar-refractivity contribution in [1.82, 2.24) is 20.3 Å². The van der Waals surface area contributed by atoms with Crippen LogP contribution in [0.3, 0.4) is 0 Å². The molecule has 9 heteroatoms. The molecule has 3 atom stereocenters. The molecule has 2 fully saturated rings. The smallest absolute Gasteiger partial charge is 0.273 e. The zero-order valence-electron chi connectivity index (χ0n) is 19.4. The van der Waals surface area contributed by atoms with Crippen LogP contribution in [0.1, 0.15) is 43.6 Å². The van der Waals surface area contributed by atoms with E-state index in [0.29, 0.717) is 19.0 Å². The number of likely N-dealkylation sites (tertiary alicyclic amines) is 1. The van der Waals surface area contributed by atoms with Crippen molar-refractivity contribution in [3.8, 4) is 11.3 Å². The Kier molecular flexibility index (Phi) is 6.26. The predicted octanol–water partition coefficient (Wildman–Crippen LogP) is 3.32. The molecule has 1 aliphatic heterocycles. The fourth-order valence-electron chi connectivity index (χ4n) is 4.98. The van der Waals surface area contributed by atoms with E-state index in [1.807, 2.05) is 0 Å². The van der Waals surface area contributed by atoms with Crippen molar-refractivity contribution in [3.05, 3.63) is 41.6 Å². The number of hydrogen-bond donors (Lipinski definition) is 1. The van der Waals surface area contributed by atoms with E-state index in [2.05, 4.69) is 29.2 Å². The number of nitrogens with one attached hydrogen (secondary N) is 1. The summed E-state index contributed by atoms with van der Waals surface area (Å²) in [7, 11) is 3.43. The molecular weight excluding hydrogens is 430 g/mol. The van der Waals surface area contributed by atoms with Gasteiger partial charge in [0, 0.05) is 51.4 Å². The van der Waals surface area contributed by atoms with Crippen LogP contribution in [0.25, 0.3) is 11.3 Å². The highest BCUT2D eigenvalue weighted by molar-refractivity contribution is 5.94. The molecule has 178 valence electrons. The Morgan fingerprint density at radius 2 is 1.97 bits per heavy atom. The second-order valence-corrected chi connectivity index (χ2v) is 9.95. The molecule has 2 heterocycles. The third kappa shape index (κ3) is 4.64. The Labute approximate surface area is 192 Å². The number of hydrogen-bond acceptors (Lipinski definition) is 5. The van der Waals surface area contributed by atoms with Crippen LogP contribution in [-0.4, -0.2) is 66.0 Å². The predicted molar refractivity (Wildman–Crippen MR) is 118 cm³/mol. The van der Waals surface area contributed by atoms with Crippen molar-refractivity contribution in [2.75, 3.05) is 27.2 Å². The van der Waals surface area contributed by atoms with Crippen LogP contribution >= 0.6 is 0 Å². The highest BCUT2D eigenvalue weighted by Gasteiger charge is 2.46. The van der Waals surface area contributed by atoms with Gasteiger partial charge < -0.3 is 14.7 Å². The molecule has 0 radical (unpaired) electrons. The van der Waals surface area contributed by atoms with E-state index in [1.165, 1.54) is 18.6 Å². The summed E-state index contributed by atoms with van der Waals surface area (Å²) in [5.41, 5.74) is 0.224. The summed E-state index contributed by atoms with van der Waals surface area (Å²) in [6, 6.07) is 4.49. The molecule has 0 bridgehead atoms. The molecule has 1 N–H and O–H groups in total. The first kappa shape index (κ1) is 23.4. The second-order valence-electron chi connectivity index (χ2n) is 9.95. The van der Waals surface area contributed by atoms with Gasteiger partial charge in [-0.2, -0.15) is 0 Å². The van der Waals surface area contributed by atoms with Gasteiger partial charge in [-0.25, -0.2) is 8.78 Å². The van der Waals surface area contributed by atoms with Crippen molar-refractivity contribution in [2.45, 2.75) is 45.2 Å². The molecule has 1 aromatic heterocycles. The van der Waals surface area contributed by atoms with Gasteiger partial charge in [-0.1, -0.05) is 19.0 Å². The maximum absolute atomic E-state index is 14.1. The first-order chi connectivity index (χ1) is 15.6. The molecular formula is C24H30F2N4O3. The van der Waals surface area contributed by atoms with Gasteiger partial charge in [-0.05, 0) is 36.8 Å². The summed E-state index contributed by atoms with van der Waals surface area (Å²) < 4.78 is 32.4. The van der Waals surface area contributed by atoms with E-state index in [-0.39, 0.29) is 40.3 Å². The first-order valence-electron chi connectivity index (χ1n) is 11.2. The zero-order valence-corrected chi connectivity index (χ0v) is 19.4. The number of amides is 2. The van der Waals surface area contributed by atoms with E-state index >= 15 is 0 Å². The Hall–Kier alpha value is -2.81. The van der Waals surface area contributed by atoms with Crippen LogP contribution in [0, 0.1) is 23.0 Å². The first-order valence-corrected chi connectivity index (χ1v) is 11.2. The van der Waals surface area contributed by atoms with Crippen molar-refractivity contribution in [2.24, 2.45) is 11.3 Å². The minimum absolute atomic E-state index is 0.0139. The average molecular weight is 461 g/mol. The van der Waals surface area contributed by atoms with E-state index in [9.17, 15) is 18.4 Å². The summed E-state index contributed by atoms with van der Waals surface area (Å²) in [5.74, 6) is -2.39. The van der Waals surface area contributed by atoms with Gasteiger partial charge >= 0.3 is 0 Å². The summed E-state index contributed by atoms with van der Waals surface area (Å²) in [5, 5.41) is 6.69. The molecule has 2 amide bonds. The lowest BCUT2D eigenvalue weighted by molar-refractivity contribution is -0.137. The van der Waals surface area contributed by atoms with Crippen LogP contribution < -0.4 is 5.32 Å². The van der Waals surface area contributed by atoms with Crippen LogP contribution in [0.2, 0.25) is 0 Å². The van der Waals surface area contributed by atoms with E-state index in [4.69, 9.17) is 4.52 Å². The van der Waals surface area contributed by atoms with Gasteiger partial charge in [-0.15, -0.1) is 0 Å². The second kappa shape index (κ2) is 8.85. The number of halogens is 2. The number of rotatable bonds is 5. The Morgan fingerprint density at radius 3 is 2.58 bits per heavy atom. The lowest BCUT2D eigenvalue weighted by Gasteiger charge is -2.53. The normalized spacial score (nSPS) is 24.7. The number of piperidine rings is 1. The third-order valence-corrected chi connectivity index (χ3v) is 7.06. The molecule has 7 nitrogen and oxygen atoms in total. The fourth-order valence-corrected chi connectivity index (χ4v) is 4.98. The zero-order chi connectivity index (χ0) is 23.9. The summed E-state index contributed by atoms with van der Waals surface area (Å²) in [6.07, 6.45) is 2.93. The van der Waals surface area contributed by atoms with Gasteiger partial charge in [-0.3, -0.25) is 14.5 Å². The number of aromatic nitrogens is 1. The van der Waals surface area contributed by atoms with Gasteiger partial charge in [0.1, 0.15) is 11.6 Å². The highest BCUT2D eigenvalue weighted by atomic mass is 19.1. The number of nitrogens with zero attached hydrogens (tertiary/aromatic N) is 3. The number of carbonyl (C=O) groups is 2. The van der Waals surface area contributed by atoms with Crippen LogP contribution in [-0.2, 0) is 4.79 Å². The topological polar surface area (TPSA) is 78.7 Å². The summed E-state index contributed by atoms with van der Waals surface area (Å²) >= 11 is 0. The molecule has 1 aromatic carbocycles. The van der Waals surface area contributed by atoms with Crippen LogP contribution in [0.15, 0.2) is 28.8 Å². The molecule has 33 heavy (non-hydrogen) atoms. The van der Waals surface area contributed by atoms with Crippen molar-refractivity contribution in [3.63, 3.8) is 0 Å². The molecule has 1 aliphatic carbocycles. The third-order valence-electron chi connectivity index (χ3n) is 7.06. The molecule has 0 spiro atoms. The van der Waals surface area contributed by atoms with Crippen molar-refractivity contribution < 1.29 is 22.9 Å². The van der Waals surface area contributed by atoms with E-state index in [0.717, 1.165) is 25.1 Å². The Balaban J connectivity index is 1.48. The van der Waals surface area contributed by atoms with Gasteiger partial charge in [0.25, 0.3) is 5.91 Å². The van der Waals surface area contributed by atoms with Crippen LogP contribution in [0.5, 0.6) is 0 Å². The summed E-state index contributed by atoms with van der Waals surface area (Å²) in [6.45, 7) is 5.88. The largest absolute Gasteiger partial charge is 0.355 e. The van der Waals surface area contributed by atoms with E-state index < -0.39 is 17.5 Å². The average Bonchev–Trinajstić information content (AvgIpc) is 3.23. The maximum atomic E-state index is 14.1. The van der Waals surface area contributed by atoms with Gasteiger partial charge in [0.2, 0.25) is 5.91 Å². The molecule has 0 unspecified atom stereocenters. The summed E-state index contributed by atoms with van der Waals surface area (Å²) in [4.78, 5) is 29.8. The van der Waals surface area contributed by atoms with Gasteiger partial charge in [0.15, 0.2) is 11.5 Å². The molecule has 1 saturated carbocycles. The van der Waals surface area contributed by atoms with Crippen molar-refractivity contribution >= 4 is 11.8 Å². The minimum Gasteiger partial charge on any atom is -0.355 e. The minimum atomic E-state index is -0.805. The number of carbonyl (C=O) groups excluding carboxylic acids is 2. The molecule has 2 aliphatic rings. The lowest BCUT2D eigenvalue weighted by Crippen LogP contribution is -2.61. The van der Waals surface area contributed by atoms with E-state index in [1.54, 1.807) is 19.0 Å².